The van der Waals surface area contributed by atoms with E-state index in [9.17, 15) is 9.59 Å². The molecular formula is C12H22O3. The Morgan fingerprint density at radius 1 is 1.00 bits per heavy atom. The lowest BCUT2D eigenvalue weighted by Gasteiger charge is -2.07. The average Bonchev–Trinajstić information content (AvgIpc) is 2.10. The van der Waals surface area contributed by atoms with Crippen LogP contribution in [0.25, 0.3) is 0 Å². The second kappa shape index (κ2) is 7.43. The fraction of sp³-hybridized carbons (Fsp3) is 0.833. The molecule has 0 saturated heterocycles. The van der Waals surface area contributed by atoms with Gasteiger partial charge in [-0.2, -0.15) is 0 Å². The average molecular weight is 214 g/mol. The Hall–Kier alpha value is -0.860. The molecule has 0 radical (unpaired) electrons. The fourth-order valence-electron chi connectivity index (χ4n) is 1.18. The predicted octanol–water partition coefficient (Wildman–Crippen LogP) is 2.72. The first-order chi connectivity index (χ1) is 6.93. The Labute approximate surface area is 92.2 Å². The van der Waals surface area contributed by atoms with E-state index in [2.05, 4.69) is 0 Å². The molecule has 0 aromatic heterocycles. The predicted molar refractivity (Wildman–Crippen MR) is 59.5 cm³/mol. The number of rotatable bonds is 7. The Bertz CT molecular complexity index is 207. The van der Waals surface area contributed by atoms with Crippen molar-refractivity contribution in [3.05, 3.63) is 0 Å². The molecule has 88 valence electrons. The number of unbranched alkanes of at least 4 members (excludes halogenated alkanes) is 1. The summed E-state index contributed by atoms with van der Waals surface area (Å²) in [6.45, 7) is 7.46. The van der Waals surface area contributed by atoms with Crippen LogP contribution in [0.4, 0.5) is 0 Å². The largest absolute Gasteiger partial charge is 0.463 e. The van der Waals surface area contributed by atoms with E-state index < -0.39 is 0 Å². The van der Waals surface area contributed by atoms with E-state index in [0.717, 1.165) is 12.8 Å². The second-order valence-electron chi connectivity index (χ2n) is 4.37. The summed E-state index contributed by atoms with van der Waals surface area (Å²) in [5, 5.41) is 0. The summed E-state index contributed by atoms with van der Waals surface area (Å²) in [5.41, 5.74) is 0. The third-order valence-electron chi connectivity index (χ3n) is 2.07. The first-order valence-electron chi connectivity index (χ1n) is 5.65. The normalized spacial score (nSPS) is 10.8. The van der Waals surface area contributed by atoms with Crippen LogP contribution in [-0.4, -0.2) is 17.9 Å². The Balaban J connectivity index is 3.46. The fourth-order valence-corrected chi connectivity index (χ4v) is 1.18. The highest BCUT2D eigenvalue weighted by molar-refractivity contribution is 5.80. The van der Waals surface area contributed by atoms with Gasteiger partial charge in [-0.15, -0.1) is 0 Å². The highest BCUT2D eigenvalue weighted by Gasteiger charge is 2.08. The van der Waals surface area contributed by atoms with Gasteiger partial charge in [0.25, 0.3) is 0 Å². The van der Waals surface area contributed by atoms with Gasteiger partial charge in [-0.1, -0.05) is 13.8 Å². The molecule has 0 bridgehead atoms. The zero-order chi connectivity index (χ0) is 11.8. The van der Waals surface area contributed by atoms with Crippen molar-refractivity contribution >= 4 is 11.8 Å². The van der Waals surface area contributed by atoms with Gasteiger partial charge in [0.05, 0.1) is 6.10 Å². The molecule has 0 saturated carbocycles. The van der Waals surface area contributed by atoms with Crippen molar-refractivity contribution < 1.29 is 14.3 Å². The van der Waals surface area contributed by atoms with Crippen molar-refractivity contribution in [3.63, 3.8) is 0 Å². The van der Waals surface area contributed by atoms with Gasteiger partial charge in [-0.05, 0) is 26.7 Å². The molecule has 0 unspecified atom stereocenters. The molecule has 0 spiro atoms. The van der Waals surface area contributed by atoms with E-state index in [0.29, 0.717) is 12.8 Å². The standard InChI is InChI=1S/C12H22O3/c1-9(2)11(13)7-5-6-8-12(14)15-10(3)4/h9-10H,5-8H2,1-4H3. The number of Topliss-reactive ketones (excluding diaryl/α,β-unsaturated/α-hetero) is 1. The van der Waals surface area contributed by atoms with Gasteiger partial charge in [0.2, 0.25) is 0 Å². The van der Waals surface area contributed by atoms with Crippen molar-refractivity contribution in [1.29, 1.82) is 0 Å². The van der Waals surface area contributed by atoms with Crippen LogP contribution in [0.5, 0.6) is 0 Å². The molecule has 0 N–H and O–H groups in total. The maximum atomic E-state index is 11.2. The second-order valence-corrected chi connectivity index (χ2v) is 4.37. The van der Waals surface area contributed by atoms with E-state index in [4.69, 9.17) is 4.74 Å². The lowest BCUT2D eigenvalue weighted by atomic mass is 10.0. The van der Waals surface area contributed by atoms with Crippen LogP contribution in [-0.2, 0) is 14.3 Å². The summed E-state index contributed by atoms with van der Waals surface area (Å²) >= 11 is 0. The summed E-state index contributed by atoms with van der Waals surface area (Å²) in [5.74, 6) is 0.210. The molecule has 0 atom stereocenters. The maximum absolute atomic E-state index is 11.2. The zero-order valence-corrected chi connectivity index (χ0v) is 10.2. The maximum Gasteiger partial charge on any atom is 0.306 e. The molecule has 0 amide bonds. The zero-order valence-electron chi connectivity index (χ0n) is 10.2. The molecule has 0 aliphatic rings. The molecule has 0 aliphatic carbocycles. The minimum atomic E-state index is -0.165. The summed E-state index contributed by atoms with van der Waals surface area (Å²) in [6.07, 6.45) is 2.47. The molecule has 0 aromatic carbocycles. The number of hydrogen-bond donors (Lipinski definition) is 0. The lowest BCUT2D eigenvalue weighted by Crippen LogP contribution is -2.11. The van der Waals surface area contributed by atoms with Crippen LogP contribution in [0.1, 0.15) is 53.4 Å². The first-order valence-corrected chi connectivity index (χ1v) is 5.65. The van der Waals surface area contributed by atoms with Gasteiger partial charge >= 0.3 is 5.97 Å². The van der Waals surface area contributed by atoms with Crippen LogP contribution in [0, 0.1) is 5.92 Å². The molecule has 0 heterocycles. The number of carbonyl (C=O) groups excluding carboxylic acids is 2. The number of ether oxygens (including phenoxy) is 1. The molecule has 0 aromatic rings. The van der Waals surface area contributed by atoms with Gasteiger partial charge in [0.15, 0.2) is 0 Å². The number of esters is 1. The third-order valence-corrected chi connectivity index (χ3v) is 2.07. The topological polar surface area (TPSA) is 43.4 Å². The molecule has 3 nitrogen and oxygen atoms in total. The molecule has 0 aliphatic heterocycles. The van der Waals surface area contributed by atoms with Crippen molar-refractivity contribution in [1.82, 2.24) is 0 Å². The summed E-state index contributed by atoms with van der Waals surface area (Å²) in [4.78, 5) is 22.4. The van der Waals surface area contributed by atoms with Crippen LogP contribution in [0.2, 0.25) is 0 Å². The summed E-state index contributed by atoms with van der Waals surface area (Å²) < 4.78 is 4.98. The van der Waals surface area contributed by atoms with Crippen LogP contribution in [0.15, 0.2) is 0 Å². The molecule has 3 heteroatoms. The Kier molecular flexibility index (Phi) is 7.01. The third kappa shape index (κ3) is 8.16. The number of hydrogen-bond acceptors (Lipinski definition) is 3. The number of ketones is 1. The molecular weight excluding hydrogens is 192 g/mol. The van der Waals surface area contributed by atoms with Crippen LogP contribution < -0.4 is 0 Å². The smallest absolute Gasteiger partial charge is 0.306 e. The first kappa shape index (κ1) is 14.1. The summed E-state index contributed by atoms with van der Waals surface area (Å²) in [7, 11) is 0. The lowest BCUT2D eigenvalue weighted by molar-refractivity contribution is -0.147. The number of carbonyl (C=O) groups is 2. The van der Waals surface area contributed by atoms with Gasteiger partial charge in [-0.3, -0.25) is 9.59 Å². The van der Waals surface area contributed by atoms with Gasteiger partial charge in [0.1, 0.15) is 5.78 Å². The van der Waals surface area contributed by atoms with Gasteiger partial charge in [0, 0.05) is 18.8 Å². The van der Waals surface area contributed by atoms with Crippen LogP contribution in [0.3, 0.4) is 0 Å². The SMILES string of the molecule is CC(C)OC(=O)CCCCC(=O)C(C)C. The quantitative estimate of drug-likeness (QED) is 0.483. The highest BCUT2D eigenvalue weighted by atomic mass is 16.5. The van der Waals surface area contributed by atoms with E-state index in [-0.39, 0.29) is 23.8 Å². The van der Waals surface area contributed by atoms with Crippen LogP contribution >= 0.6 is 0 Å². The molecule has 0 fully saturated rings. The van der Waals surface area contributed by atoms with Crippen molar-refractivity contribution in [3.8, 4) is 0 Å². The monoisotopic (exact) mass is 214 g/mol. The molecule has 0 rings (SSSR count). The Morgan fingerprint density at radius 3 is 2.00 bits per heavy atom. The molecule has 15 heavy (non-hydrogen) atoms. The highest BCUT2D eigenvalue weighted by Crippen LogP contribution is 2.07. The summed E-state index contributed by atoms with van der Waals surface area (Å²) in [6, 6.07) is 0. The van der Waals surface area contributed by atoms with E-state index in [1.54, 1.807) is 0 Å². The van der Waals surface area contributed by atoms with Gasteiger partial charge < -0.3 is 4.74 Å². The van der Waals surface area contributed by atoms with Crippen molar-refractivity contribution in [2.45, 2.75) is 59.5 Å². The van der Waals surface area contributed by atoms with E-state index in [1.165, 1.54) is 0 Å². The van der Waals surface area contributed by atoms with Gasteiger partial charge in [-0.25, -0.2) is 0 Å². The minimum absolute atomic E-state index is 0.0465. The minimum Gasteiger partial charge on any atom is -0.463 e. The van der Waals surface area contributed by atoms with Crippen molar-refractivity contribution in [2.24, 2.45) is 5.92 Å². The van der Waals surface area contributed by atoms with E-state index >= 15 is 0 Å². The Morgan fingerprint density at radius 2 is 1.53 bits per heavy atom. The van der Waals surface area contributed by atoms with Crippen molar-refractivity contribution in [2.75, 3.05) is 0 Å². The van der Waals surface area contributed by atoms with E-state index in [1.807, 2.05) is 27.7 Å².